The number of hydrogen-bond acceptors (Lipinski definition) is 4. The van der Waals surface area contributed by atoms with Crippen molar-refractivity contribution in [3.63, 3.8) is 0 Å². The maximum Gasteiger partial charge on any atom is 0.330 e. The van der Waals surface area contributed by atoms with Crippen molar-refractivity contribution in [2.45, 2.75) is 32.1 Å². The van der Waals surface area contributed by atoms with Gasteiger partial charge in [-0.15, -0.1) is 0 Å². The lowest BCUT2D eigenvalue weighted by Gasteiger charge is -2.44. The van der Waals surface area contributed by atoms with Crippen LogP contribution in [-0.2, 0) is 9.59 Å². The summed E-state index contributed by atoms with van der Waals surface area (Å²) in [7, 11) is 0. The van der Waals surface area contributed by atoms with E-state index in [1.807, 2.05) is 6.26 Å². The fourth-order valence-electron chi connectivity index (χ4n) is 2.42. The Hall–Kier alpha value is -1.04. The molecule has 1 N–H and O–H groups in total. The van der Waals surface area contributed by atoms with E-state index in [1.165, 1.54) is 4.90 Å². The van der Waals surface area contributed by atoms with E-state index in [2.05, 4.69) is 5.32 Å². The van der Waals surface area contributed by atoms with Gasteiger partial charge in [0.25, 0.3) is 0 Å². The molecule has 1 heterocycles. The fourth-order valence-corrected chi connectivity index (χ4v) is 2.92. The average Bonchev–Trinajstić information content (AvgIpc) is 2.25. The van der Waals surface area contributed by atoms with Gasteiger partial charge in [0.05, 0.1) is 0 Å². The molecule has 0 aromatic rings. The van der Waals surface area contributed by atoms with Crippen LogP contribution in [0, 0.1) is 5.41 Å². The summed E-state index contributed by atoms with van der Waals surface area (Å²) in [6.45, 7) is 0.417. The highest BCUT2D eigenvalue weighted by Crippen LogP contribution is 2.44. The zero-order valence-corrected chi connectivity index (χ0v) is 11.3. The molecule has 1 spiro atoms. The molecular weight excluding hydrogens is 252 g/mol. The highest BCUT2D eigenvalue weighted by atomic mass is 32.2. The average molecular weight is 270 g/mol. The largest absolute Gasteiger partial charge is 0.330 e. The molecule has 2 fully saturated rings. The van der Waals surface area contributed by atoms with Crippen LogP contribution < -0.4 is 5.32 Å². The van der Waals surface area contributed by atoms with Crippen molar-refractivity contribution in [3.8, 4) is 0 Å². The van der Waals surface area contributed by atoms with E-state index < -0.39 is 17.4 Å². The normalized spacial score (nSPS) is 22.1. The third kappa shape index (κ3) is 2.13. The Morgan fingerprint density at radius 1 is 1.28 bits per heavy atom. The van der Waals surface area contributed by atoms with Gasteiger partial charge in [-0.3, -0.25) is 19.8 Å². The van der Waals surface area contributed by atoms with Crippen LogP contribution in [0.3, 0.4) is 0 Å². The molecule has 6 heteroatoms. The van der Waals surface area contributed by atoms with Gasteiger partial charge in [-0.05, 0) is 37.7 Å². The first kappa shape index (κ1) is 13.4. The minimum atomic E-state index is -0.923. The number of nitrogens with one attached hydrogen (secondary N) is 1. The van der Waals surface area contributed by atoms with Crippen LogP contribution in [0.1, 0.15) is 32.1 Å². The Balaban J connectivity index is 1.98. The molecule has 1 aliphatic heterocycles. The Morgan fingerprint density at radius 2 is 2.00 bits per heavy atom. The summed E-state index contributed by atoms with van der Waals surface area (Å²) in [5.41, 5.74) is -0.923. The molecule has 1 saturated heterocycles. The first-order valence-electron chi connectivity index (χ1n) is 6.28. The monoisotopic (exact) mass is 270 g/mol. The maximum absolute atomic E-state index is 12.3. The van der Waals surface area contributed by atoms with Crippen molar-refractivity contribution >= 4 is 29.6 Å². The first-order chi connectivity index (χ1) is 8.62. The van der Waals surface area contributed by atoms with Crippen LogP contribution in [0.2, 0.25) is 0 Å². The van der Waals surface area contributed by atoms with E-state index >= 15 is 0 Å². The summed E-state index contributed by atoms with van der Waals surface area (Å²) < 4.78 is 0. The van der Waals surface area contributed by atoms with Gasteiger partial charge < -0.3 is 0 Å². The van der Waals surface area contributed by atoms with Crippen molar-refractivity contribution < 1.29 is 14.4 Å². The van der Waals surface area contributed by atoms with Crippen LogP contribution in [0.25, 0.3) is 0 Å². The lowest BCUT2D eigenvalue weighted by Crippen LogP contribution is -2.66. The summed E-state index contributed by atoms with van der Waals surface area (Å²) in [6, 6.07) is -0.549. The summed E-state index contributed by atoms with van der Waals surface area (Å²) in [5, 5.41) is 2.32. The third-order valence-corrected chi connectivity index (χ3v) is 4.44. The van der Waals surface area contributed by atoms with Gasteiger partial charge in [-0.2, -0.15) is 11.8 Å². The lowest BCUT2D eigenvalue weighted by atomic mass is 9.66. The smallest absolute Gasteiger partial charge is 0.277 e. The van der Waals surface area contributed by atoms with Gasteiger partial charge >= 0.3 is 6.03 Å². The molecule has 5 nitrogen and oxygen atoms in total. The summed E-state index contributed by atoms with van der Waals surface area (Å²) in [6.07, 6.45) is 5.83. The van der Waals surface area contributed by atoms with Crippen molar-refractivity contribution in [3.05, 3.63) is 0 Å². The fraction of sp³-hybridized carbons (Fsp3) is 0.750. The number of carbonyl (C=O) groups is 3. The van der Waals surface area contributed by atoms with E-state index in [0.29, 0.717) is 19.4 Å². The summed E-state index contributed by atoms with van der Waals surface area (Å²) in [4.78, 5) is 36.9. The predicted molar refractivity (Wildman–Crippen MR) is 69.2 cm³/mol. The van der Waals surface area contributed by atoms with E-state index in [4.69, 9.17) is 0 Å². The number of unbranched alkanes of at least 4 members (excludes halogenated alkanes) is 1. The molecule has 100 valence electrons. The molecule has 4 amide bonds. The van der Waals surface area contributed by atoms with Crippen LogP contribution in [-0.4, -0.2) is 41.3 Å². The molecule has 2 rings (SSSR count). The second-order valence-electron chi connectivity index (χ2n) is 4.85. The Bertz CT molecular complexity index is 380. The molecule has 1 saturated carbocycles. The molecule has 0 aromatic heterocycles. The van der Waals surface area contributed by atoms with E-state index in [0.717, 1.165) is 25.0 Å². The molecule has 0 aromatic carbocycles. The van der Waals surface area contributed by atoms with E-state index in [9.17, 15) is 14.4 Å². The highest BCUT2D eigenvalue weighted by Gasteiger charge is 2.56. The summed E-state index contributed by atoms with van der Waals surface area (Å²) >= 11 is 1.75. The molecule has 0 atom stereocenters. The zero-order chi connectivity index (χ0) is 13.2. The number of carbonyl (C=O) groups excluding carboxylic acids is 3. The van der Waals surface area contributed by atoms with Crippen molar-refractivity contribution in [1.82, 2.24) is 10.2 Å². The number of imide groups is 2. The molecular formula is C12H18N2O3S. The number of nitrogens with zero attached hydrogens (tertiary/aromatic N) is 1. The quantitative estimate of drug-likeness (QED) is 0.605. The zero-order valence-electron chi connectivity index (χ0n) is 10.5. The molecule has 1 aliphatic carbocycles. The number of amides is 4. The van der Waals surface area contributed by atoms with E-state index in [1.54, 1.807) is 11.8 Å². The Labute approximate surface area is 111 Å². The van der Waals surface area contributed by atoms with Crippen LogP contribution in [0.4, 0.5) is 4.79 Å². The number of rotatable bonds is 5. The maximum atomic E-state index is 12.3. The molecule has 0 radical (unpaired) electrons. The molecule has 0 unspecified atom stereocenters. The van der Waals surface area contributed by atoms with Crippen molar-refractivity contribution in [2.75, 3.05) is 18.6 Å². The lowest BCUT2D eigenvalue weighted by molar-refractivity contribution is -0.157. The Kier molecular flexibility index (Phi) is 3.94. The van der Waals surface area contributed by atoms with Crippen molar-refractivity contribution in [1.29, 1.82) is 0 Å². The number of urea groups is 1. The van der Waals surface area contributed by atoms with Gasteiger partial charge in [0.1, 0.15) is 5.41 Å². The SMILES string of the molecule is CSCCCCN1C(=O)NC(=O)C2(CCC2)C1=O. The minimum absolute atomic E-state index is 0.286. The van der Waals surface area contributed by atoms with E-state index in [-0.39, 0.29) is 5.91 Å². The second kappa shape index (κ2) is 5.30. The first-order valence-corrected chi connectivity index (χ1v) is 7.67. The topological polar surface area (TPSA) is 66.5 Å². The van der Waals surface area contributed by atoms with Gasteiger partial charge in [-0.25, -0.2) is 4.79 Å². The number of barbiturate groups is 1. The van der Waals surface area contributed by atoms with Gasteiger partial charge in [0, 0.05) is 6.54 Å². The van der Waals surface area contributed by atoms with Gasteiger partial charge in [0.2, 0.25) is 11.8 Å². The third-order valence-electron chi connectivity index (χ3n) is 3.74. The number of hydrogen-bond donors (Lipinski definition) is 1. The van der Waals surface area contributed by atoms with Crippen LogP contribution >= 0.6 is 11.8 Å². The molecule has 2 aliphatic rings. The molecule has 0 bridgehead atoms. The standard InChI is InChI=1S/C12H18N2O3S/c1-18-8-3-2-7-14-10(16)12(5-4-6-12)9(15)13-11(14)17/h2-8H2,1H3,(H,13,15,17). The molecule has 18 heavy (non-hydrogen) atoms. The minimum Gasteiger partial charge on any atom is -0.277 e. The van der Waals surface area contributed by atoms with Gasteiger partial charge in [0.15, 0.2) is 0 Å². The van der Waals surface area contributed by atoms with Gasteiger partial charge in [-0.1, -0.05) is 6.42 Å². The second-order valence-corrected chi connectivity index (χ2v) is 5.84. The van der Waals surface area contributed by atoms with Crippen LogP contribution in [0.15, 0.2) is 0 Å². The highest BCUT2D eigenvalue weighted by molar-refractivity contribution is 7.98. The van der Waals surface area contributed by atoms with Crippen LogP contribution in [0.5, 0.6) is 0 Å². The summed E-state index contributed by atoms with van der Waals surface area (Å²) in [5.74, 6) is 0.337. The predicted octanol–water partition coefficient (Wildman–Crippen LogP) is 1.38. The van der Waals surface area contributed by atoms with Crippen molar-refractivity contribution in [2.24, 2.45) is 5.41 Å². The Morgan fingerprint density at radius 3 is 2.56 bits per heavy atom. The number of thioether (sulfide) groups is 1.